The lowest BCUT2D eigenvalue weighted by atomic mass is 10.2. The second-order valence-electron chi connectivity index (χ2n) is 18.6. The van der Waals surface area contributed by atoms with Crippen LogP contribution in [0.5, 0.6) is 0 Å². The van der Waals surface area contributed by atoms with Crippen molar-refractivity contribution >= 4 is 33.3 Å². The highest BCUT2D eigenvalue weighted by Crippen LogP contribution is 2.49. The maximum Gasteiger partial charge on any atom is 0.201 e. The van der Waals surface area contributed by atoms with Gasteiger partial charge in [0, 0.05) is 0 Å². The summed E-state index contributed by atoms with van der Waals surface area (Å²) in [5, 5.41) is 0.231. The highest BCUT2D eigenvalue weighted by atomic mass is 28.4. The fraction of sp³-hybridized carbons (Fsp3) is 0.895. The molecule has 0 spiro atoms. The number of allylic oxidation sites excluding steroid dienone is 2. The third kappa shape index (κ3) is 11.1. The van der Waals surface area contributed by atoms with E-state index in [9.17, 15) is 0 Å². The Labute approximate surface area is 288 Å². The first-order chi connectivity index (χ1) is 20.1. The molecule has 0 bridgehead atoms. The highest BCUT2D eigenvalue weighted by Gasteiger charge is 2.51. The molecular weight excluding hydrogens is 617 g/mol. The molecule has 0 saturated heterocycles. The number of rotatable bonds is 18. The van der Waals surface area contributed by atoms with Crippen LogP contribution in [0, 0.1) is 0 Å². The molecule has 0 aliphatic carbocycles. The van der Waals surface area contributed by atoms with Gasteiger partial charge in [-0.3, -0.25) is 0 Å². The molecule has 0 heterocycles. The van der Waals surface area contributed by atoms with Crippen molar-refractivity contribution in [2.24, 2.45) is 0 Å². The first-order valence-electron chi connectivity index (χ1n) is 18.5. The quantitative estimate of drug-likeness (QED) is 0.105. The lowest BCUT2D eigenvalue weighted by Gasteiger charge is -2.50. The van der Waals surface area contributed by atoms with Crippen LogP contribution in [0.1, 0.15) is 138 Å². The first kappa shape index (κ1) is 45.2. The Hall–Kier alpha value is 0.228. The zero-order valence-corrected chi connectivity index (χ0v) is 38.6. The van der Waals surface area contributed by atoms with Gasteiger partial charge in [-0.1, -0.05) is 149 Å². The van der Waals surface area contributed by atoms with Crippen LogP contribution in [-0.2, 0) is 13.0 Å². The zero-order valence-electron chi connectivity index (χ0n) is 34.6. The molecule has 4 unspecified atom stereocenters. The molecular formula is C38H82O3Si4. The van der Waals surface area contributed by atoms with Crippen molar-refractivity contribution in [3.63, 3.8) is 0 Å². The smallest absolute Gasteiger partial charge is 0.201 e. The van der Waals surface area contributed by atoms with Gasteiger partial charge in [0.2, 0.25) is 16.6 Å². The highest BCUT2D eigenvalue weighted by molar-refractivity contribution is 6.89. The van der Waals surface area contributed by atoms with E-state index in [4.69, 9.17) is 13.0 Å². The normalized spacial score (nSPS) is 18.8. The van der Waals surface area contributed by atoms with Crippen LogP contribution in [-0.4, -0.2) is 45.5 Å². The third-order valence-corrected chi connectivity index (χ3v) is 36.0. The van der Waals surface area contributed by atoms with Gasteiger partial charge < -0.3 is 13.0 Å². The number of hydrogen-bond donors (Lipinski definition) is 0. The van der Waals surface area contributed by atoms with Crippen molar-refractivity contribution in [2.75, 3.05) is 0 Å². The van der Waals surface area contributed by atoms with Crippen LogP contribution in [0.15, 0.2) is 24.3 Å². The summed E-state index contributed by atoms with van der Waals surface area (Å²) in [4.78, 5) is 0. The van der Waals surface area contributed by atoms with E-state index in [1.165, 1.54) is 0 Å². The topological polar surface area (TPSA) is 27.7 Å². The summed E-state index contributed by atoms with van der Waals surface area (Å²) in [6.45, 7) is 52.3. The predicted molar refractivity (Wildman–Crippen MR) is 215 cm³/mol. The van der Waals surface area contributed by atoms with Crippen LogP contribution in [0.3, 0.4) is 0 Å². The van der Waals surface area contributed by atoms with E-state index in [1.807, 2.05) is 0 Å². The fourth-order valence-corrected chi connectivity index (χ4v) is 28.6. The molecule has 0 fully saturated rings. The molecule has 0 radical (unpaired) electrons. The second kappa shape index (κ2) is 17.2. The van der Waals surface area contributed by atoms with Crippen LogP contribution in [0.2, 0.25) is 68.5 Å². The van der Waals surface area contributed by atoms with Crippen molar-refractivity contribution < 1.29 is 13.0 Å². The molecule has 0 aromatic carbocycles. The molecule has 3 nitrogen and oxygen atoms in total. The van der Waals surface area contributed by atoms with Crippen molar-refractivity contribution in [3.8, 4) is 0 Å². The lowest BCUT2D eigenvalue weighted by molar-refractivity contribution is 0.233. The molecule has 0 aliphatic heterocycles. The largest absolute Gasteiger partial charge is 0.454 e. The monoisotopic (exact) mass is 699 g/mol. The van der Waals surface area contributed by atoms with E-state index >= 15 is 0 Å². The summed E-state index contributed by atoms with van der Waals surface area (Å²) in [6.07, 6.45) is 9.77. The average molecular weight is 699 g/mol. The summed E-state index contributed by atoms with van der Waals surface area (Å²) in [5.41, 5.74) is 3.53. The van der Waals surface area contributed by atoms with Gasteiger partial charge in [-0.25, -0.2) is 0 Å². The Morgan fingerprint density at radius 2 is 0.667 bits per heavy atom. The van der Waals surface area contributed by atoms with Gasteiger partial charge in [0.15, 0.2) is 16.6 Å². The summed E-state index contributed by atoms with van der Waals surface area (Å²) >= 11 is 0. The van der Waals surface area contributed by atoms with Gasteiger partial charge in [0.25, 0.3) is 0 Å². The Morgan fingerprint density at radius 3 is 0.844 bits per heavy atom. The minimum Gasteiger partial charge on any atom is -0.454 e. The molecule has 268 valence electrons. The van der Waals surface area contributed by atoms with E-state index in [1.54, 1.807) is 0 Å². The number of hydrogen-bond acceptors (Lipinski definition) is 3. The summed E-state index contributed by atoms with van der Waals surface area (Å²) in [5.74, 6) is 0. The minimum absolute atomic E-state index is 0.115. The fourth-order valence-electron chi connectivity index (χ4n) is 8.01. The zero-order chi connectivity index (χ0) is 36.0. The summed E-state index contributed by atoms with van der Waals surface area (Å²) in [7, 11) is -8.20. The van der Waals surface area contributed by atoms with Crippen molar-refractivity contribution in [3.05, 3.63) is 24.3 Å². The van der Waals surface area contributed by atoms with Crippen LogP contribution >= 0.6 is 0 Å². The molecule has 0 aromatic heterocycles. The van der Waals surface area contributed by atoms with E-state index in [2.05, 4.69) is 176 Å². The van der Waals surface area contributed by atoms with E-state index in [-0.39, 0.29) is 22.3 Å². The van der Waals surface area contributed by atoms with E-state index in [0.29, 0.717) is 33.2 Å². The standard InChI is InChI=1S/C38H82O3Si4/c1-29(2)44(30(3)4,31(5)6)39-35(13)25-23-27-42(21,37(15,16)17)41-43(22,38(18,19)20)28-24-26-36(14)40-45(32(7)8,33(9)10)34(11)12/h23-26,29-36H,27-28H2,1-22H3. The first-order valence-corrected chi connectivity index (χ1v) is 28.0. The lowest BCUT2D eigenvalue weighted by Crippen LogP contribution is -2.56. The Bertz CT molecular complexity index is 809. The molecule has 0 aromatic rings. The van der Waals surface area contributed by atoms with Crippen LogP contribution in [0.4, 0.5) is 0 Å². The van der Waals surface area contributed by atoms with E-state index in [0.717, 1.165) is 12.1 Å². The van der Waals surface area contributed by atoms with Crippen molar-refractivity contribution in [1.82, 2.24) is 0 Å². The third-order valence-electron chi connectivity index (χ3n) is 11.6. The Kier molecular flexibility index (Phi) is 17.3. The van der Waals surface area contributed by atoms with Gasteiger partial charge in [-0.05, 0) is 82.4 Å². The Balaban J connectivity index is 6.19. The summed E-state index contributed by atoms with van der Waals surface area (Å²) < 4.78 is 21.8. The van der Waals surface area contributed by atoms with Gasteiger partial charge in [0.1, 0.15) is 0 Å². The van der Waals surface area contributed by atoms with Crippen molar-refractivity contribution in [2.45, 2.75) is 219 Å². The Morgan fingerprint density at radius 1 is 0.444 bits per heavy atom. The van der Waals surface area contributed by atoms with E-state index < -0.39 is 33.3 Å². The van der Waals surface area contributed by atoms with Gasteiger partial charge in [-0.2, -0.15) is 0 Å². The molecule has 0 N–H and O–H groups in total. The van der Waals surface area contributed by atoms with Gasteiger partial charge in [-0.15, -0.1) is 0 Å². The average Bonchev–Trinajstić information content (AvgIpc) is 2.82. The molecule has 0 rings (SSSR count). The van der Waals surface area contributed by atoms with Gasteiger partial charge in [0.05, 0.1) is 12.2 Å². The van der Waals surface area contributed by atoms with Crippen LogP contribution < -0.4 is 0 Å². The predicted octanol–water partition coefficient (Wildman–Crippen LogP) is 14.0. The summed E-state index contributed by atoms with van der Waals surface area (Å²) in [6, 6.07) is 2.02. The molecule has 0 saturated carbocycles. The molecule has 7 heteroatoms. The SMILES string of the molecule is CC(C=CC[Si](C)(O[Si](C)(CC=CC(C)O[Si](C(C)C)(C(C)C)C(C)C)C(C)(C)C)C(C)(C)C)O[Si](C(C)C)(C(C)C)C(C)C. The molecule has 45 heavy (non-hydrogen) atoms. The van der Waals surface area contributed by atoms with Crippen LogP contribution in [0.25, 0.3) is 0 Å². The molecule has 4 atom stereocenters. The maximum atomic E-state index is 7.66. The molecule has 0 aliphatic rings. The minimum atomic E-state index is -2.17. The second-order valence-corrected chi connectivity index (χ2v) is 39.0. The van der Waals surface area contributed by atoms with Crippen molar-refractivity contribution in [1.29, 1.82) is 0 Å². The van der Waals surface area contributed by atoms with Gasteiger partial charge >= 0.3 is 0 Å². The maximum absolute atomic E-state index is 7.66. The molecule has 0 amide bonds.